The third-order valence-corrected chi connectivity index (χ3v) is 2.67. The lowest BCUT2D eigenvalue weighted by Crippen LogP contribution is -2.20. The number of nitrogens with zero attached hydrogens (tertiary/aromatic N) is 1. The molecule has 1 rings (SSSR count). The minimum Gasteiger partial charge on any atom is -0.324 e. The second kappa shape index (κ2) is 5.27. The number of non-ortho nitro benzene ring substituents is 1. The summed E-state index contributed by atoms with van der Waals surface area (Å²) in [7, 11) is 0. The van der Waals surface area contributed by atoms with E-state index in [4.69, 9.17) is 11.6 Å². The predicted molar refractivity (Wildman–Crippen MR) is 64.7 cm³/mol. The summed E-state index contributed by atoms with van der Waals surface area (Å²) in [5.74, 6) is -0.414. The van der Waals surface area contributed by atoms with E-state index in [0.717, 1.165) is 0 Å². The first-order valence-electron chi connectivity index (χ1n) is 4.30. The van der Waals surface area contributed by atoms with Crippen molar-refractivity contribution in [3.05, 3.63) is 32.8 Å². The van der Waals surface area contributed by atoms with Crippen LogP contribution in [0.25, 0.3) is 0 Å². The van der Waals surface area contributed by atoms with Crippen LogP contribution in [0.2, 0.25) is 0 Å². The van der Waals surface area contributed by atoms with Crippen LogP contribution in [0, 0.1) is 10.1 Å². The molecule has 0 fully saturated rings. The SMILES string of the molecule is CC(Cl)C(=O)Nc1cc([N+](=O)[O-])ccc1Br. The standard InChI is InChI=1S/C9H8BrClN2O3/c1-5(11)9(14)12-8-4-6(13(15)16)2-3-7(8)10/h2-5H,1H3,(H,12,14). The number of rotatable bonds is 3. The fourth-order valence-electron chi connectivity index (χ4n) is 0.955. The van der Waals surface area contributed by atoms with Crippen LogP contribution in [0.1, 0.15) is 6.92 Å². The number of hydrogen-bond acceptors (Lipinski definition) is 3. The van der Waals surface area contributed by atoms with Crippen molar-refractivity contribution in [3.63, 3.8) is 0 Å². The van der Waals surface area contributed by atoms with E-state index in [2.05, 4.69) is 21.2 Å². The summed E-state index contributed by atoms with van der Waals surface area (Å²) in [5, 5.41) is 12.3. The number of benzene rings is 1. The normalized spacial score (nSPS) is 11.9. The van der Waals surface area contributed by atoms with Gasteiger partial charge in [-0.05, 0) is 28.9 Å². The minimum atomic E-state index is -0.703. The zero-order chi connectivity index (χ0) is 12.3. The lowest BCUT2D eigenvalue weighted by atomic mass is 10.2. The summed E-state index contributed by atoms with van der Waals surface area (Å²) in [6, 6.07) is 4.10. The van der Waals surface area contributed by atoms with Gasteiger partial charge in [0.25, 0.3) is 5.69 Å². The summed E-state index contributed by atoms with van der Waals surface area (Å²) < 4.78 is 0.559. The summed E-state index contributed by atoms with van der Waals surface area (Å²) in [4.78, 5) is 21.3. The van der Waals surface area contributed by atoms with Gasteiger partial charge in [0.05, 0.1) is 10.6 Å². The second-order valence-corrected chi connectivity index (χ2v) is 4.54. The van der Waals surface area contributed by atoms with Gasteiger partial charge >= 0.3 is 0 Å². The van der Waals surface area contributed by atoms with E-state index >= 15 is 0 Å². The molecule has 0 heterocycles. The van der Waals surface area contributed by atoms with Crippen LogP contribution in [-0.2, 0) is 4.79 Å². The average Bonchev–Trinajstić information content (AvgIpc) is 2.20. The molecule has 1 aromatic carbocycles. The average molecular weight is 308 g/mol. The number of nitro groups is 1. The first-order valence-corrected chi connectivity index (χ1v) is 5.53. The van der Waals surface area contributed by atoms with Crippen LogP contribution in [0.15, 0.2) is 22.7 Å². The molecule has 0 aromatic heterocycles. The van der Waals surface area contributed by atoms with Crippen LogP contribution in [0.5, 0.6) is 0 Å². The molecule has 1 aromatic rings. The number of hydrogen-bond donors (Lipinski definition) is 1. The highest BCUT2D eigenvalue weighted by Crippen LogP contribution is 2.27. The molecule has 1 atom stereocenters. The summed E-state index contributed by atoms with van der Waals surface area (Å²) in [6.07, 6.45) is 0. The van der Waals surface area contributed by atoms with Gasteiger partial charge in [-0.1, -0.05) is 0 Å². The van der Waals surface area contributed by atoms with E-state index in [0.29, 0.717) is 10.2 Å². The van der Waals surface area contributed by atoms with Gasteiger partial charge in [0.2, 0.25) is 5.91 Å². The van der Waals surface area contributed by atoms with Gasteiger partial charge in [-0.25, -0.2) is 0 Å². The quantitative estimate of drug-likeness (QED) is 0.530. The van der Waals surface area contributed by atoms with Crippen molar-refractivity contribution >= 4 is 44.8 Å². The molecule has 0 saturated heterocycles. The van der Waals surface area contributed by atoms with E-state index in [1.54, 1.807) is 0 Å². The number of carbonyl (C=O) groups excluding carboxylic acids is 1. The maximum absolute atomic E-state index is 11.3. The Balaban J connectivity index is 2.99. The minimum absolute atomic E-state index is 0.0966. The zero-order valence-corrected chi connectivity index (χ0v) is 10.6. The molecule has 86 valence electrons. The highest BCUT2D eigenvalue weighted by atomic mass is 79.9. The smallest absolute Gasteiger partial charge is 0.271 e. The Hall–Kier alpha value is -1.14. The largest absolute Gasteiger partial charge is 0.324 e. The number of nitro benzene ring substituents is 1. The maximum Gasteiger partial charge on any atom is 0.271 e. The van der Waals surface area contributed by atoms with E-state index in [1.807, 2.05) is 0 Å². The molecule has 0 radical (unpaired) electrons. The third kappa shape index (κ3) is 3.18. The van der Waals surface area contributed by atoms with Crippen LogP contribution < -0.4 is 5.32 Å². The Morgan fingerprint density at radius 2 is 2.25 bits per heavy atom. The summed E-state index contributed by atoms with van der Waals surface area (Å²) in [5.41, 5.74) is 0.229. The van der Waals surface area contributed by atoms with Crippen molar-refractivity contribution in [1.82, 2.24) is 0 Å². The monoisotopic (exact) mass is 306 g/mol. The van der Waals surface area contributed by atoms with Crippen LogP contribution in [-0.4, -0.2) is 16.2 Å². The molecule has 1 amide bonds. The van der Waals surface area contributed by atoms with Crippen molar-refractivity contribution < 1.29 is 9.72 Å². The van der Waals surface area contributed by atoms with Crippen molar-refractivity contribution in [2.75, 3.05) is 5.32 Å². The lowest BCUT2D eigenvalue weighted by Gasteiger charge is -2.08. The number of halogens is 2. The van der Waals surface area contributed by atoms with Gasteiger partial charge < -0.3 is 5.32 Å². The Bertz CT molecular complexity index is 437. The number of amides is 1. The Labute approximate surface area is 105 Å². The number of nitrogens with one attached hydrogen (secondary N) is 1. The highest BCUT2D eigenvalue weighted by Gasteiger charge is 2.14. The Morgan fingerprint density at radius 1 is 1.62 bits per heavy atom. The fraction of sp³-hybridized carbons (Fsp3) is 0.222. The van der Waals surface area contributed by atoms with Gasteiger partial charge in [-0.3, -0.25) is 14.9 Å². The first-order chi connectivity index (χ1) is 7.41. The van der Waals surface area contributed by atoms with Crippen LogP contribution in [0.3, 0.4) is 0 Å². The van der Waals surface area contributed by atoms with Crippen LogP contribution >= 0.6 is 27.5 Å². The van der Waals surface area contributed by atoms with E-state index in [1.165, 1.54) is 25.1 Å². The maximum atomic E-state index is 11.3. The molecular formula is C9H8BrClN2O3. The number of carbonyl (C=O) groups is 1. The molecule has 0 saturated carbocycles. The van der Waals surface area contributed by atoms with E-state index in [9.17, 15) is 14.9 Å². The summed E-state index contributed by atoms with van der Waals surface area (Å²) in [6.45, 7) is 1.52. The van der Waals surface area contributed by atoms with Gasteiger partial charge in [-0.15, -0.1) is 11.6 Å². The fourth-order valence-corrected chi connectivity index (χ4v) is 1.36. The molecule has 0 aliphatic carbocycles. The summed E-state index contributed by atoms with van der Waals surface area (Å²) >= 11 is 8.75. The predicted octanol–water partition coefficient (Wildman–Crippen LogP) is 2.92. The zero-order valence-electron chi connectivity index (χ0n) is 8.24. The van der Waals surface area contributed by atoms with E-state index < -0.39 is 16.2 Å². The number of anilines is 1. The Morgan fingerprint density at radius 3 is 2.75 bits per heavy atom. The van der Waals surface area contributed by atoms with Crippen molar-refractivity contribution in [2.45, 2.75) is 12.3 Å². The molecule has 16 heavy (non-hydrogen) atoms. The van der Waals surface area contributed by atoms with Gasteiger partial charge in [0, 0.05) is 16.6 Å². The molecule has 0 aliphatic rings. The Kier molecular flexibility index (Phi) is 4.26. The van der Waals surface area contributed by atoms with Crippen molar-refractivity contribution in [1.29, 1.82) is 0 Å². The van der Waals surface area contributed by atoms with Gasteiger partial charge in [-0.2, -0.15) is 0 Å². The molecule has 0 bridgehead atoms. The highest BCUT2D eigenvalue weighted by molar-refractivity contribution is 9.10. The molecular weight excluding hydrogens is 299 g/mol. The van der Waals surface area contributed by atoms with Gasteiger partial charge in [0.1, 0.15) is 5.38 Å². The third-order valence-electron chi connectivity index (χ3n) is 1.78. The van der Waals surface area contributed by atoms with E-state index in [-0.39, 0.29) is 5.69 Å². The number of alkyl halides is 1. The molecule has 0 aliphatic heterocycles. The second-order valence-electron chi connectivity index (χ2n) is 3.03. The molecule has 1 unspecified atom stereocenters. The van der Waals surface area contributed by atoms with Gasteiger partial charge in [0.15, 0.2) is 0 Å². The molecule has 5 nitrogen and oxygen atoms in total. The van der Waals surface area contributed by atoms with Crippen LogP contribution in [0.4, 0.5) is 11.4 Å². The lowest BCUT2D eigenvalue weighted by molar-refractivity contribution is -0.384. The first kappa shape index (κ1) is 12.9. The molecule has 7 heteroatoms. The molecule has 0 spiro atoms. The molecule has 1 N–H and O–H groups in total. The topological polar surface area (TPSA) is 72.2 Å². The van der Waals surface area contributed by atoms with Crippen molar-refractivity contribution in [2.24, 2.45) is 0 Å². The van der Waals surface area contributed by atoms with Crippen molar-refractivity contribution in [3.8, 4) is 0 Å².